The van der Waals surface area contributed by atoms with Gasteiger partial charge in [0.25, 0.3) is 10.2 Å². The molecule has 0 aromatic carbocycles. The van der Waals surface area contributed by atoms with Crippen molar-refractivity contribution in [3.05, 3.63) is 42.0 Å². The maximum atomic E-state index is 12.7. The van der Waals surface area contributed by atoms with Crippen LogP contribution in [-0.2, 0) is 10.2 Å². The summed E-state index contributed by atoms with van der Waals surface area (Å²) in [6.07, 6.45) is 4.91. The summed E-state index contributed by atoms with van der Waals surface area (Å²) < 4.78 is 28.5. The standard InChI is InChI=1S/C19H28N6O2S/c1-4-24(5-2)28(26,27)25-11-7-16(8-12-25)18-14-17(13-15(3)22-18)23-19-20-9-6-10-21-19/h6,9-10,13-14,16H,4-5,7-8,11-12H2,1-3H3,(H,20,21,22,23). The van der Waals surface area contributed by atoms with Crippen LogP contribution in [0.5, 0.6) is 0 Å². The second kappa shape index (κ2) is 8.93. The third kappa shape index (κ3) is 4.65. The van der Waals surface area contributed by atoms with E-state index in [4.69, 9.17) is 4.98 Å². The smallest absolute Gasteiger partial charge is 0.281 e. The molecule has 0 radical (unpaired) electrons. The van der Waals surface area contributed by atoms with Crippen molar-refractivity contribution in [1.82, 2.24) is 23.6 Å². The van der Waals surface area contributed by atoms with Gasteiger partial charge in [0.15, 0.2) is 0 Å². The lowest BCUT2D eigenvalue weighted by atomic mass is 9.93. The Hall–Kier alpha value is -2.10. The zero-order chi connectivity index (χ0) is 20.1. The zero-order valence-corrected chi connectivity index (χ0v) is 17.5. The number of aryl methyl sites for hydroxylation is 1. The molecule has 0 saturated carbocycles. The highest BCUT2D eigenvalue weighted by Gasteiger charge is 2.32. The summed E-state index contributed by atoms with van der Waals surface area (Å²) in [6, 6.07) is 5.75. The van der Waals surface area contributed by atoms with Crippen molar-refractivity contribution in [3.8, 4) is 0 Å². The van der Waals surface area contributed by atoms with Gasteiger partial charge in [-0.1, -0.05) is 13.8 Å². The highest BCUT2D eigenvalue weighted by molar-refractivity contribution is 7.86. The molecule has 1 aliphatic rings. The van der Waals surface area contributed by atoms with E-state index < -0.39 is 10.2 Å². The summed E-state index contributed by atoms with van der Waals surface area (Å²) in [6.45, 7) is 7.72. The van der Waals surface area contributed by atoms with Crippen LogP contribution in [0.3, 0.4) is 0 Å². The van der Waals surface area contributed by atoms with E-state index >= 15 is 0 Å². The summed E-state index contributed by atoms with van der Waals surface area (Å²) in [4.78, 5) is 13.1. The van der Waals surface area contributed by atoms with Crippen LogP contribution in [0.25, 0.3) is 0 Å². The van der Waals surface area contributed by atoms with E-state index in [9.17, 15) is 8.42 Å². The number of nitrogens with one attached hydrogen (secondary N) is 1. The lowest BCUT2D eigenvalue weighted by molar-refractivity contribution is 0.289. The molecule has 152 valence electrons. The normalized spacial score (nSPS) is 16.4. The van der Waals surface area contributed by atoms with Crippen molar-refractivity contribution in [2.75, 3.05) is 31.5 Å². The molecule has 0 amide bonds. The Kier molecular flexibility index (Phi) is 6.58. The van der Waals surface area contributed by atoms with Gasteiger partial charge in [-0.05, 0) is 38.0 Å². The predicted molar refractivity (Wildman–Crippen MR) is 110 cm³/mol. The highest BCUT2D eigenvalue weighted by Crippen LogP contribution is 2.30. The van der Waals surface area contributed by atoms with Gasteiger partial charge in [0.2, 0.25) is 5.95 Å². The molecule has 3 rings (SSSR count). The third-order valence-corrected chi connectivity index (χ3v) is 7.21. The van der Waals surface area contributed by atoms with Crippen LogP contribution in [0.15, 0.2) is 30.6 Å². The quantitative estimate of drug-likeness (QED) is 0.763. The maximum Gasteiger partial charge on any atom is 0.281 e. The summed E-state index contributed by atoms with van der Waals surface area (Å²) in [5.74, 6) is 0.777. The Morgan fingerprint density at radius 1 is 1.14 bits per heavy atom. The topological polar surface area (TPSA) is 91.3 Å². The van der Waals surface area contributed by atoms with Crippen LogP contribution in [0.2, 0.25) is 0 Å². The number of aromatic nitrogens is 3. The minimum atomic E-state index is -3.37. The van der Waals surface area contributed by atoms with Gasteiger partial charge in [0, 0.05) is 61.6 Å². The van der Waals surface area contributed by atoms with Gasteiger partial charge >= 0.3 is 0 Å². The molecule has 1 saturated heterocycles. The fourth-order valence-electron chi connectivity index (χ4n) is 3.56. The van der Waals surface area contributed by atoms with Gasteiger partial charge in [0.1, 0.15) is 0 Å². The molecule has 0 spiro atoms. The van der Waals surface area contributed by atoms with Crippen molar-refractivity contribution < 1.29 is 8.42 Å². The van der Waals surface area contributed by atoms with E-state index in [1.165, 1.54) is 4.31 Å². The van der Waals surface area contributed by atoms with Gasteiger partial charge < -0.3 is 5.32 Å². The fourth-order valence-corrected chi connectivity index (χ4v) is 5.22. The number of hydrogen-bond acceptors (Lipinski definition) is 6. The Morgan fingerprint density at radius 3 is 2.39 bits per heavy atom. The van der Waals surface area contributed by atoms with E-state index in [1.807, 2.05) is 32.9 Å². The van der Waals surface area contributed by atoms with Crippen LogP contribution >= 0.6 is 0 Å². The summed E-state index contributed by atoms with van der Waals surface area (Å²) >= 11 is 0. The molecule has 3 heterocycles. The summed E-state index contributed by atoms with van der Waals surface area (Å²) in [5.41, 5.74) is 2.79. The van der Waals surface area contributed by atoms with Crippen molar-refractivity contribution in [3.63, 3.8) is 0 Å². The van der Waals surface area contributed by atoms with Crippen LogP contribution in [0.4, 0.5) is 11.6 Å². The molecule has 2 aromatic heterocycles. The second-order valence-electron chi connectivity index (χ2n) is 6.88. The van der Waals surface area contributed by atoms with E-state index in [0.29, 0.717) is 32.1 Å². The molecule has 8 nitrogen and oxygen atoms in total. The first-order chi connectivity index (χ1) is 13.4. The van der Waals surface area contributed by atoms with Gasteiger partial charge in [-0.15, -0.1) is 0 Å². The van der Waals surface area contributed by atoms with Crippen molar-refractivity contribution in [2.24, 2.45) is 0 Å². The third-order valence-electron chi connectivity index (χ3n) is 5.03. The van der Waals surface area contributed by atoms with Gasteiger partial charge in [-0.25, -0.2) is 9.97 Å². The molecule has 28 heavy (non-hydrogen) atoms. The molecule has 1 fully saturated rings. The number of piperidine rings is 1. The molecule has 0 bridgehead atoms. The molecule has 2 aromatic rings. The second-order valence-corrected chi connectivity index (χ2v) is 8.81. The number of nitrogens with zero attached hydrogens (tertiary/aromatic N) is 5. The molecule has 9 heteroatoms. The Balaban J connectivity index is 1.70. The molecular formula is C19H28N6O2S. The maximum absolute atomic E-state index is 12.7. The Bertz CT molecular complexity index is 879. The van der Waals surface area contributed by atoms with Gasteiger partial charge in [-0.3, -0.25) is 4.98 Å². The lowest BCUT2D eigenvalue weighted by Crippen LogP contribution is -2.46. The first-order valence-electron chi connectivity index (χ1n) is 9.71. The summed E-state index contributed by atoms with van der Waals surface area (Å²) in [5, 5.41) is 3.21. The minimum Gasteiger partial charge on any atom is -0.324 e. The first kappa shape index (κ1) is 20.6. The predicted octanol–water partition coefficient (Wildman–Crippen LogP) is 2.69. The zero-order valence-electron chi connectivity index (χ0n) is 16.7. The Morgan fingerprint density at radius 2 is 1.79 bits per heavy atom. The number of hydrogen-bond donors (Lipinski definition) is 1. The number of anilines is 2. The van der Waals surface area contributed by atoms with Crippen LogP contribution < -0.4 is 5.32 Å². The first-order valence-corrected chi connectivity index (χ1v) is 11.1. The van der Waals surface area contributed by atoms with Crippen molar-refractivity contribution in [2.45, 2.75) is 39.5 Å². The van der Waals surface area contributed by atoms with Gasteiger partial charge in [0.05, 0.1) is 0 Å². The average molecular weight is 405 g/mol. The molecular weight excluding hydrogens is 376 g/mol. The van der Waals surface area contributed by atoms with E-state index in [2.05, 4.69) is 15.3 Å². The molecule has 0 unspecified atom stereocenters. The molecule has 0 aliphatic carbocycles. The van der Waals surface area contributed by atoms with E-state index in [1.54, 1.807) is 22.8 Å². The Labute approximate surface area is 167 Å². The molecule has 1 aliphatic heterocycles. The fraction of sp³-hybridized carbons (Fsp3) is 0.526. The van der Waals surface area contributed by atoms with Crippen LogP contribution in [-0.4, -0.2) is 58.2 Å². The monoisotopic (exact) mass is 404 g/mol. The SMILES string of the molecule is CCN(CC)S(=O)(=O)N1CCC(c2cc(Nc3ncccn3)cc(C)n2)CC1. The van der Waals surface area contributed by atoms with Crippen molar-refractivity contribution >= 4 is 21.8 Å². The molecule has 1 N–H and O–H groups in total. The minimum absolute atomic E-state index is 0.236. The van der Waals surface area contributed by atoms with Gasteiger partial charge in [-0.2, -0.15) is 17.0 Å². The summed E-state index contributed by atoms with van der Waals surface area (Å²) in [7, 11) is -3.37. The van der Waals surface area contributed by atoms with Crippen molar-refractivity contribution in [1.29, 1.82) is 0 Å². The lowest BCUT2D eigenvalue weighted by Gasteiger charge is -2.34. The van der Waals surface area contributed by atoms with Crippen LogP contribution in [0, 0.1) is 6.92 Å². The molecule has 0 atom stereocenters. The van der Waals surface area contributed by atoms with E-state index in [0.717, 1.165) is 29.9 Å². The highest BCUT2D eigenvalue weighted by atomic mass is 32.2. The number of rotatable bonds is 7. The number of pyridine rings is 1. The van der Waals surface area contributed by atoms with Crippen LogP contribution in [0.1, 0.15) is 44.0 Å². The van der Waals surface area contributed by atoms with E-state index in [-0.39, 0.29) is 5.92 Å². The largest absolute Gasteiger partial charge is 0.324 e. The average Bonchev–Trinajstić information content (AvgIpc) is 2.69.